The number of aryl methyl sites for hydroxylation is 1. The molecule has 1 aromatic heterocycles. The van der Waals surface area contributed by atoms with Crippen LogP contribution in [0.25, 0.3) is 0 Å². The Morgan fingerprint density at radius 1 is 1.19 bits per heavy atom. The van der Waals surface area contributed by atoms with Gasteiger partial charge in [-0.15, -0.1) is 0 Å². The molecule has 0 saturated carbocycles. The fourth-order valence-electron chi connectivity index (χ4n) is 3.69. The van der Waals surface area contributed by atoms with Crippen molar-refractivity contribution in [1.29, 1.82) is 0 Å². The maximum absolute atomic E-state index is 13.1. The zero-order valence-electron chi connectivity index (χ0n) is 15.1. The van der Waals surface area contributed by atoms with Crippen molar-refractivity contribution < 1.29 is 18.0 Å². The van der Waals surface area contributed by atoms with Gasteiger partial charge in [0, 0.05) is 25.5 Å². The molecule has 1 atom stereocenters. The Kier molecular flexibility index (Phi) is 6.14. The number of amides is 1. The molecule has 6 heteroatoms. The summed E-state index contributed by atoms with van der Waals surface area (Å²) in [5, 5.41) is 0. The number of halogens is 3. The summed E-state index contributed by atoms with van der Waals surface area (Å²) in [5.74, 6) is 0.293. The summed E-state index contributed by atoms with van der Waals surface area (Å²) in [6, 6.07) is 9.44. The zero-order chi connectivity index (χ0) is 19.3. The predicted octanol–water partition coefficient (Wildman–Crippen LogP) is 4.51. The lowest BCUT2D eigenvalue weighted by Crippen LogP contribution is -2.40. The number of rotatable bonds is 5. The van der Waals surface area contributed by atoms with Crippen molar-refractivity contribution >= 4 is 5.91 Å². The molecule has 1 aliphatic heterocycles. The third-order valence-electron chi connectivity index (χ3n) is 5.09. The summed E-state index contributed by atoms with van der Waals surface area (Å²) in [4.78, 5) is 18.4. The molecule has 3 nitrogen and oxygen atoms in total. The summed E-state index contributed by atoms with van der Waals surface area (Å²) < 4.78 is 39.4. The van der Waals surface area contributed by atoms with Crippen molar-refractivity contribution in [3.63, 3.8) is 0 Å². The first-order chi connectivity index (χ1) is 12.9. The SMILES string of the molecule is O=C(Cc1cccnc1)N1CCC[C@@H](CCc2ccccc2C(F)(F)F)C1. The number of benzene rings is 1. The highest BCUT2D eigenvalue weighted by Crippen LogP contribution is 2.33. The first-order valence-electron chi connectivity index (χ1n) is 9.25. The fraction of sp³-hybridized carbons (Fsp3) is 0.429. The van der Waals surface area contributed by atoms with Crippen LogP contribution >= 0.6 is 0 Å². The van der Waals surface area contributed by atoms with Crippen molar-refractivity contribution in [2.45, 2.75) is 38.3 Å². The average Bonchev–Trinajstić information content (AvgIpc) is 2.67. The number of hydrogen-bond donors (Lipinski definition) is 0. The van der Waals surface area contributed by atoms with Crippen LogP contribution in [0.1, 0.15) is 36.0 Å². The fourth-order valence-corrected chi connectivity index (χ4v) is 3.69. The van der Waals surface area contributed by atoms with Crippen LogP contribution in [0.2, 0.25) is 0 Å². The van der Waals surface area contributed by atoms with Gasteiger partial charge in [-0.2, -0.15) is 13.2 Å². The molecule has 1 saturated heterocycles. The van der Waals surface area contributed by atoms with E-state index in [9.17, 15) is 18.0 Å². The standard InChI is InChI=1S/C21H23F3N2O/c22-21(23,24)19-8-2-1-7-18(19)10-9-16-6-4-12-26(15-16)20(27)13-17-5-3-11-25-14-17/h1-3,5,7-8,11,14,16H,4,6,9-10,12-13,15H2/t16-/m0/s1. The normalized spacial score (nSPS) is 17.7. The number of piperidine rings is 1. The first-order valence-corrected chi connectivity index (χ1v) is 9.25. The van der Waals surface area contributed by atoms with Crippen LogP contribution in [0.4, 0.5) is 13.2 Å². The smallest absolute Gasteiger partial charge is 0.342 e. The van der Waals surface area contributed by atoms with E-state index in [1.54, 1.807) is 30.6 Å². The summed E-state index contributed by atoms with van der Waals surface area (Å²) in [7, 11) is 0. The molecule has 0 N–H and O–H groups in total. The Hall–Kier alpha value is -2.37. The maximum Gasteiger partial charge on any atom is 0.416 e. The van der Waals surface area contributed by atoms with Crippen LogP contribution in [0.3, 0.4) is 0 Å². The third kappa shape index (κ3) is 5.31. The molecule has 1 amide bonds. The second kappa shape index (κ2) is 8.55. The zero-order valence-corrected chi connectivity index (χ0v) is 15.1. The molecule has 27 heavy (non-hydrogen) atoms. The van der Waals surface area contributed by atoms with Crippen LogP contribution in [0.5, 0.6) is 0 Å². The number of likely N-dealkylation sites (tertiary alicyclic amines) is 1. The largest absolute Gasteiger partial charge is 0.416 e. The van der Waals surface area contributed by atoms with E-state index in [2.05, 4.69) is 4.98 Å². The van der Waals surface area contributed by atoms with E-state index in [4.69, 9.17) is 0 Å². The van der Waals surface area contributed by atoms with E-state index in [1.165, 1.54) is 6.07 Å². The molecule has 144 valence electrons. The molecule has 2 aromatic rings. The quantitative estimate of drug-likeness (QED) is 0.769. The van der Waals surface area contributed by atoms with Gasteiger partial charge in [0.2, 0.25) is 5.91 Å². The minimum absolute atomic E-state index is 0.0587. The number of carbonyl (C=O) groups is 1. The summed E-state index contributed by atoms with van der Waals surface area (Å²) in [6.07, 6.45) is 2.23. The number of hydrogen-bond acceptors (Lipinski definition) is 2. The Morgan fingerprint density at radius 3 is 2.74 bits per heavy atom. The van der Waals surface area contributed by atoms with Gasteiger partial charge in [0.05, 0.1) is 12.0 Å². The van der Waals surface area contributed by atoms with Crippen LogP contribution in [0, 0.1) is 5.92 Å². The number of alkyl halides is 3. The van der Waals surface area contributed by atoms with Gasteiger partial charge < -0.3 is 4.90 Å². The minimum atomic E-state index is -4.32. The Morgan fingerprint density at radius 2 is 2.00 bits per heavy atom. The maximum atomic E-state index is 13.1. The number of nitrogens with zero attached hydrogens (tertiary/aromatic N) is 2. The van der Waals surface area contributed by atoms with Crippen molar-refractivity contribution in [1.82, 2.24) is 9.88 Å². The van der Waals surface area contributed by atoms with Gasteiger partial charge >= 0.3 is 6.18 Å². The molecule has 2 heterocycles. The highest BCUT2D eigenvalue weighted by molar-refractivity contribution is 5.78. The summed E-state index contributed by atoms with van der Waals surface area (Å²) in [5.41, 5.74) is 0.665. The summed E-state index contributed by atoms with van der Waals surface area (Å²) in [6.45, 7) is 1.34. The molecule has 1 fully saturated rings. The van der Waals surface area contributed by atoms with Gasteiger partial charge in [-0.05, 0) is 54.9 Å². The van der Waals surface area contributed by atoms with Crippen molar-refractivity contribution in [2.24, 2.45) is 5.92 Å². The number of aromatic nitrogens is 1. The van der Waals surface area contributed by atoms with Gasteiger partial charge in [-0.3, -0.25) is 9.78 Å². The molecule has 0 spiro atoms. The Balaban J connectivity index is 1.57. The minimum Gasteiger partial charge on any atom is -0.342 e. The molecular weight excluding hydrogens is 353 g/mol. The highest BCUT2D eigenvalue weighted by Gasteiger charge is 2.33. The van der Waals surface area contributed by atoms with Gasteiger partial charge in [0.1, 0.15) is 0 Å². The topological polar surface area (TPSA) is 33.2 Å². The van der Waals surface area contributed by atoms with E-state index in [0.29, 0.717) is 37.9 Å². The van der Waals surface area contributed by atoms with E-state index in [-0.39, 0.29) is 11.8 Å². The van der Waals surface area contributed by atoms with E-state index in [1.807, 2.05) is 11.0 Å². The van der Waals surface area contributed by atoms with E-state index >= 15 is 0 Å². The lowest BCUT2D eigenvalue weighted by atomic mass is 9.90. The third-order valence-corrected chi connectivity index (χ3v) is 5.09. The van der Waals surface area contributed by atoms with Crippen LogP contribution in [0.15, 0.2) is 48.8 Å². The summed E-state index contributed by atoms with van der Waals surface area (Å²) >= 11 is 0. The van der Waals surface area contributed by atoms with Gasteiger partial charge in [-0.25, -0.2) is 0 Å². The lowest BCUT2D eigenvalue weighted by Gasteiger charge is -2.33. The van der Waals surface area contributed by atoms with Gasteiger partial charge in [-0.1, -0.05) is 24.3 Å². The van der Waals surface area contributed by atoms with Crippen molar-refractivity contribution in [3.8, 4) is 0 Å². The molecule has 3 rings (SSSR count). The number of pyridine rings is 1. The van der Waals surface area contributed by atoms with Crippen LogP contribution in [-0.4, -0.2) is 28.9 Å². The second-order valence-electron chi connectivity index (χ2n) is 7.08. The number of carbonyl (C=O) groups excluding carboxylic acids is 1. The van der Waals surface area contributed by atoms with Crippen molar-refractivity contribution in [2.75, 3.05) is 13.1 Å². The van der Waals surface area contributed by atoms with E-state index in [0.717, 1.165) is 24.5 Å². The molecule has 1 aromatic carbocycles. The average molecular weight is 376 g/mol. The Labute approximate surface area is 157 Å². The van der Waals surface area contributed by atoms with E-state index < -0.39 is 11.7 Å². The highest BCUT2D eigenvalue weighted by atomic mass is 19.4. The molecule has 1 aliphatic rings. The first kappa shape index (κ1) is 19.4. The van der Waals surface area contributed by atoms with Crippen LogP contribution < -0.4 is 0 Å². The van der Waals surface area contributed by atoms with Gasteiger partial charge in [0.25, 0.3) is 0 Å². The molecular formula is C21H23F3N2O. The lowest BCUT2D eigenvalue weighted by molar-refractivity contribution is -0.138. The monoisotopic (exact) mass is 376 g/mol. The van der Waals surface area contributed by atoms with Crippen LogP contribution in [-0.2, 0) is 23.8 Å². The Bertz CT molecular complexity index is 762. The molecule has 0 bridgehead atoms. The molecule has 0 radical (unpaired) electrons. The predicted molar refractivity (Wildman–Crippen MR) is 97.0 cm³/mol. The second-order valence-corrected chi connectivity index (χ2v) is 7.08. The molecule has 0 unspecified atom stereocenters. The molecule has 0 aliphatic carbocycles. The van der Waals surface area contributed by atoms with Gasteiger partial charge in [0.15, 0.2) is 0 Å². The van der Waals surface area contributed by atoms with Crippen molar-refractivity contribution in [3.05, 3.63) is 65.5 Å².